The molecule has 0 bridgehead atoms. The molecule has 0 saturated carbocycles. The minimum absolute atomic E-state index is 0.101. The average molecular weight is 283 g/mol. The zero-order valence-electron chi connectivity index (χ0n) is 12.1. The van der Waals surface area contributed by atoms with Gasteiger partial charge in [0, 0.05) is 6.20 Å². The quantitative estimate of drug-likeness (QED) is 0.774. The molecular weight excluding hydrogens is 266 g/mol. The van der Waals surface area contributed by atoms with E-state index in [1.54, 1.807) is 6.20 Å². The van der Waals surface area contributed by atoms with E-state index in [0.29, 0.717) is 5.71 Å². The van der Waals surface area contributed by atoms with E-state index in [2.05, 4.69) is 32.3 Å². The molecule has 0 radical (unpaired) electrons. The maximum Gasteiger partial charge on any atom is 0.263 e. The van der Waals surface area contributed by atoms with Crippen LogP contribution in [-0.4, -0.2) is 20.1 Å². The number of fused-ring (bicyclic) bond motifs is 1. The Morgan fingerprint density at radius 2 is 2.14 bits per heavy atom. The molecule has 3 aromatic heterocycles. The molecule has 6 heteroatoms. The largest absolute Gasteiger partial charge is 0.361 e. The molecule has 108 valence electrons. The van der Waals surface area contributed by atoms with E-state index in [-0.39, 0.29) is 6.04 Å². The highest BCUT2D eigenvalue weighted by Crippen LogP contribution is 2.27. The van der Waals surface area contributed by atoms with E-state index in [0.717, 1.165) is 35.4 Å². The first-order chi connectivity index (χ1) is 10.3. The van der Waals surface area contributed by atoms with E-state index in [9.17, 15) is 0 Å². The summed E-state index contributed by atoms with van der Waals surface area (Å²) in [6.45, 7) is 4.04. The molecular formula is C15H17N5O. The molecule has 0 amide bonds. The third kappa shape index (κ3) is 2.69. The molecule has 6 nitrogen and oxygen atoms in total. The highest BCUT2D eigenvalue weighted by Gasteiger charge is 2.17. The minimum Gasteiger partial charge on any atom is -0.361 e. The van der Waals surface area contributed by atoms with Gasteiger partial charge in [0.1, 0.15) is 17.5 Å². The lowest BCUT2D eigenvalue weighted by atomic mass is 10.1. The summed E-state index contributed by atoms with van der Waals surface area (Å²) in [6.07, 6.45) is 5.30. The van der Waals surface area contributed by atoms with Crippen molar-refractivity contribution >= 4 is 16.9 Å². The van der Waals surface area contributed by atoms with E-state index in [1.165, 1.54) is 6.33 Å². The topological polar surface area (TPSA) is 76.7 Å². The second-order valence-electron chi connectivity index (χ2n) is 4.91. The molecule has 0 fully saturated rings. The van der Waals surface area contributed by atoms with Crippen molar-refractivity contribution in [2.24, 2.45) is 0 Å². The second-order valence-corrected chi connectivity index (χ2v) is 4.91. The van der Waals surface area contributed by atoms with Gasteiger partial charge in [0.15, 0.2) is 0 Å². The normalized spacial score (nSPS) is 12.5. The summed E-state index contributed by atoms with van der Waals surface area (Å²) in [5, 5.41) is 8.23. The van der Waals surface area contributed by atoms with Gasteiger partial charge in [-0.2, -0.15) is 4.98 Å². The Balaban J connectivity index is 1.96. The van der Waals surface area contributed by atoms with Crippen LogP contribution in [0.15, 0.2) is 35.2 Å². The Morgan fingerprint density at radius 1 is 1.24 bits per heavy atom. The summed E-state index contributed by atoms with van der Waals surface area (Å²) in [6, 6.07) is 6.03. The maximum atomic E-state index is 5.18. The van der Waals surface area contributed by atoms with Gasteiger partial charge in [0.05, 0.1) is 17.4 Å². The van der Waals surface area contributed by atoms with Crippen molar-refractivity contribution < 1.29 is 4.52 Å². The third-order valence-corrected chi connectivity index (χ3v) is 3.38. The first-order valence-electron chi connectivity index (χ1n) is 7.04. The van der Waals surface area contributed by atoms with Crippen molar-refractivity contribution in [3.8, 4) is 0 Å². The molecule has 3 heterocycles. The molecule has 0 aliphatic carbocycles. The van der Waals surface area contributed by atoms with Gasteiger partial charge in [-0.25, -0.2) is 4.98 Å². The molecule has 0 aliphatic heterocycles. The van der Waals surface area contributed by atoms with Gasteiger partial charge in [-0.05, 0) is 25.5 Å². The second kappa shape index (κ2) is 5.87. The Kier molecular flexibility index (Phi) is 3.77. The smallest absolute Gasteiger partial charge is 0.263 e. The number of anilines is 1. The van der Waals surface area contributed by atoms with Crippen LogP contribution in [0.3, 0.4) is 0 Å². The summed E-state index contributed by atoms with van der Waals surface area (Å²) < 4.78 is 5.18. The molecule has 3 rings (SSSR count). The van der Waals surface area contributed by atoms with Gasteiger partial charge in [-0.1, -0.05) is 24.6 Å². The number of nitrogens with one attached hydrogen (secondary N) is 1. The van der Waals surface area contributed by atoms with Crippen LogP contribution in [0.4, 0.5) is 5.82 Å². The van der Waals surface area contributed by atoms with Crippen LogP contribution in [0.25, 0.3) is 11.1 Å². The number of hydrogen-bond donors (Lipinski definition) is 1. The van der Waals surface area contributed by atoms with Crippen molar-refractivity contribution in [1.29, 1.82) is 0 Å². The molecule has 3 aromatic rings. The van der Waals surface area contributed by atoms with Crippen LogP contribution in [0.5, 0.6) is 0 Å². The van der Waals surface area contributed by atoms with Gasteiger partial charge in [0.25, 0.3) is 5.71 Å². The van der Waals surface area contributed by atoms with E-state index < -0.39 is 0 Å². The first kappa shape index (κ1) is 13.5. The Morgan fingerprint density at radius 3 is 2.90 bits per heavy atom. The monoisotopic (exact) mass is 283 g/mol. The van der Waals surface area contributed by atoms with Crippen LogP contribution in [0, 0.1) is 6.92 Å². The molecule has 1 atom stereocenters. The fourth-order valence-corrected chi connectivity index (χ4v) is 2.36. The lowest BCUT2D eigenvalue weighted by Gasteiger charge is -2.18. The van der Waals surface area contributed by atoms with Crippen LogP contribution < -0.4 is 5.32 Å². The number of rotatable bonds is 5. The molecule has 21 heavy (non-hydrogen) atoms. The Labute approximate surface area is 122 Å². The van der Waals surface area contributed by atoms with E-state index in [4.69, 9.17) is 4.52 Å². The van der Waals surface area contributed by atoms with Crippen LogP contribution >= 0.6 is 0 Å². The highest BCUT2D eigenvalue weighted by atomic mass is 16.5. The molecule has 0 aliphatic rings. The van der Waals surface area contributed by atoms with Crippen LogP contribution in [0.1, 0.15) is 37.2 Å². The van der Waals surface area contributed by atoms with E-state index >= 15 is 0 Å². The lowest BCUT2D eigenvalue weighted by molar-refractivity contribution is 0.442. The number of aromatic nitrogens is 4. The predicted molar refractivity (Wildman–Crippen MR) is 79.8 cm³/mol. The Hall–Kier alpha value is -2.50. The van der Waals surface area contributed by atoms with Gasteiger partial charge >= 0.3 is 0 Å². The SMILES string of the molecule is CCCC(Nc1ncnc2onc(C)c12)c1ccccn1. The summed E-state index contributed by atoms with van der Waals surface area (Å²) >= 11 is 0. The van der Waals surface area contributed by atoms with E-state index in [1.807, 2.05) is 25.1 Å². The first-order valence-corrected chi connectivity index (χ1v) is 7.04. The van der Waals surface area contributed by atoms with Gasteiger partial charge in [-0.3, -0.25) is 4.98 Å². The summed E-state index contributed by atoms with van der Waals surface area (Å²) in [7, 11) is 0. The van der Waals surface area contributed by atoms with Crippen molar-refractivity contribution in [3.63, 3.8) is 0 Å². The average Bonchev–Trinajstić information content (AvgIpc) is 2.90. The third-order valence-electron chi connectivity index (χ3n) is 3.38. The Bertz CT molecular complexity index is 725. The summed E-state index contributed by atoms with van der Waals surface area (Å²) in [5.74, 6) is 0.739. The van der Waals surface area contributed by atoms with Gasteiger partial charge in [-0.15, -0.1) is 0 Å². The molecule has 1 N–H and O–H groups in total. The summed E-state index contributed by atoms with van der Waals surface area (Å²) in [4.78, 5) is 12.9. The zero-order chi connectivity index (χ0) is 14.7. The fourth-order valence-electron chi connectivity index (χ4n) is 2.36. The predicted octanol–water partition coefficient (Wildman–Crippen LogP) is 3.27. The standard InChI is InChI=1S/C15H17N5O/c1-3-6-12(11-7-4-5-8-16-11)19-14-13-10(2)20-21-15(13)18-9-17-14/h4-5,7-9,12H,3,6H2,1-2H3,(H,17,18,19). The van der Waals surface area contributed by atoms with Crippen LogP contribution in [-0.2, 0) is 0 Å². The number of hydrogen-bond acceptors (Lipinski definition) is 6. The molecule has 1 unspecified atom stereocenters. The van der Waals surface area contributed by atoms with Crippen molar-refractivity contribution in [2.45, 2.75) is 32.7 Å². The van der Waals surface area contributed by atoms with Gasteiger partial charge in [0.2, 0.25) is 0 Å². The van der Waals surface area contributed by atoms with Crippen molar-refractivity contribution in [2.75, 3.05) is 5.32 Å². The van der Waals surface area contributed by atoms with Crippen molar-refractivity contribution in [3.05, 3.63) is 42.1 Å². The maximum absolute atomic E-state index is 5.18. The fraction of sp³-hybridized carbons (Fsp3) is 0.333. The molecule has 0 spiro atoms. The number of nitrogens with zero attached hydrogens (tertiary/aromatic N) is 4. The minimum atomic E-state index is 0.101. The summed E-state index contributed by atoms with van der Waals surface area (Å²) in [5.41, 5.74) is 2.28. The molecule has 0 saturated heterocycles. The molecule has 0 aromatic carbocycles. The highest BCUT2D eigenvalue weighted by molar-refractivity contribution is 5.87. The van der Waals surface area contributed by atoms with Gasteiger partial charge < -0.3 is 9.84 Å². The number of aryl methyl sites for hydroxylation is 1. The number of pyridine rings is 1. The lowest BCUT2D eigenvalue weighted by Crippen LogP contribution is -2.13. The zero-order valence-corrected chi connectivity index (χ0v) is 12.1. The van der Waals surface area contributed by atoms with Crippen molar-refractivity contribution in [1.82, 2.24) is 20.1 Å². The van der Waals surface area contributed by atoms with Crippen LogP contribution in [0.2, 0.25) is 0 Å².